The summed E-state index contributed by atoms with van der Waals surface area (Å²) in [4.78, 5) is 26.5. The highest BCUT2D eigenvalue weighted by molar-refractivity contribution is 5.80. The van der Waals surface area contributed by atoms with Gasteiger partial charge < -0.3 is 9.47 Å². The molecule has 1 heterocycles. The Morgan fingerprint density at radius 3 is 2.75 bits per heavy atom. The van der Waals surface area contributed by atoms with Crippen LogP contribution in [0.1, 0.15) is 25.0 Å². The summed E-state index contributed by atoms with van der Waals surface area (Å²) in [5.74, 6) is -1.07. The highest BCUT2D eigenvalue weighted by Crippen LogP contribution is 2.18. The standard InChI is InChI=1S/C11H13NO4/c1-3-9(13)16-10(11(14)15-2)8-5-4-6-12-7-8/h4-7,10H,3H2,1-2H3. The van der Waals surface area contributed by atoms with E-state index < -0.39 is 18.0 Å². The predicted molar refractivity (Wildman–Crippen MR) is 55.4 cm³/mol. The number of carbonyl (C=O) groups is 2. The van der Waals surface area contributed by atoms with Crippen LogP contribution in [0.4, 0.5) is 0 Å². The highest BCUT2D eigenvalue weighted by atomic mass is 16.6. The molecule has 0 aliphatic heterocycles. The monoisotopic (exact) mass is 223 g/mol. The summed E-state index contributed by atoms with van der Waals surface area (Å²) >= 11 is 0. The Balaban J connectivity index is 2.88. The number of nitrogens with zero attached hydrogens (tertiary/aromatic N) is 1. The van der Waals surface area contributed by atoms with Crippen molar-refractivity contribution in [3.8, 4) is 0 Å². The molecule has 0 aromatic carbocycles. The second-order valence-corrected chi connectivity index (χ2v) is 3.03. The van der Waals surface area contributed by atoms with Gasteiger partial charge in [-0.15, -0.1) is 0 Å². The molecule has 0 N–H and O–H groups in total. The molecule has 0 saturated carbocycles. The first kappa shape index (κ1) is 12.2. The van der Waals surface area contributed by atoms with Crippen molar-refractivity contribution in [2.75, 3.05) is 7.11 Å². The van der Waals surface area contributed by atoms with Gasteiger partial charge >= 0.3 is 11.9 Å². The molecule has 86 valence electrons. The van der Waals surface area contributed by atoms with Gasteiger partial charge in [-0.3, -0.25) is 9.78 Å². The van der Waals surface area contributed by atoms with Gasteiger partial charge in [0.1, 0.15) is 0 Å². The quantitative estimate of drug-likeness (QED) is 0.719. The minimum absolute atomic E-state index is 0.202. The number of methoxy groups -OCH3 is 1. The van der Waals surface area contributed by atoms with Crippen LogP contribution in [-0.2, 0) is 19.1 Å². The highest BCUT2D eigenvalue weighted by Gasteiger charge is 2.25. The third kappa shape index (κ3) is 3.05. The van der Waals surface area contributed by atoms with Crippen molar-refractivity contribution in [2.45, 2.75) is 19.4 Å². The molecule has 0 fully saturated rings. The molecule has 1 unspecified atom stereocenters. The fraction of sp³-hybridized carbons (Fsp3) is 0.364. The van der Waals surface area contributed by atoms with Gasteiger partial charge in [0.05, 0.1) is 7.11 Å². The molecule has 0 radical (unpaired) electrons. The van der Waals surface area contributed by atoms with Crippen LogP contribution in [0.2, 0.25) is 0 Å². The van der Waals surface area contributed by atoms with Gasteiger partial charge in [-0.25, -0.2) is 4.79 Å². The summed E-state index contributed by atoms with van der Waals surface area (Å²) in [5.41, 5.74) is 0.496. The van der Waals surface area contributed by atoms with Crippen molar-refractivity contribution in [1.29, 1.82) is 0 Å². The summed E-state index contributed by atoms with van der Waals surface area (Å²) in [6, 6.07) is 3.31. The minimum Gasteiger partial charge on any atom is -0.466 e. The summed E-state index contributed by atoms with van der Waals surface area (Å²) in [7, 11) is 1.24. The van der Waals surface area contributed by atoms with E-state index in [1.165, 1.54) is 13.3 Å². The molecule has 1 aromatic rings. The van der Waals surface area contributed by atoms with Gasteiger partial charge in [0.15, 0.2) is 0 Å². The van der Waals surface area contributed by atoms with E-state index in [4.69, 9.17) is 4.74 Å². The maximum absolute atomic E-state index is 11.4. The van der Waals surface area contributed by atoms with Crippen molar-refractivity contribution in [1.82, 2.24) is 4.98 Å². The normalized spacial score (nSPS) is 11.6. The average molecular weight is 223 g/mol. The number of ether oxygens (including phenoxy) is 2. The molecule has 16 heavy (non-hydrogen) atoms. The zero-order valence-electron chi connectivity index (χ0n) is 9.17. The molecule has 1 atom stereocenters. The van der Waals surface area contributed by atoms with E-state index in [0.717, 1.165) is 0 Å². The average Bonchev–Trinajstić information content (AvgIpc) is 2.35. The maximum Gasteiger partial charge on any atom is 0.352 e. The van der Waals surface area contributed by atoms with Crippen LogP contribution in [0.5, 0.6) is 0 Å². The Morgan fingerprint density at radius 2 is 2.25 bits per heavy atom. The second-order valence-electron chi connectivity index (χ2n) is 3.03. The van der Waals surface area contributed by atoms with E-state index in [9.17, 15) is 9.59 Å². The second kappa shape index (κ2) is 5.85. The van der Waals surface area contributed by atoms with E-state index >= 15 is 0 Å². The lowest BCUT2D eigenvalue weighted by Gasteiger charge is -2.14. The van der Waals surface area contributed by atoms with Crippen molar-refractivity contribution >= 4 is 11.9 Å². The third-order valence-electron chi connectivity index (χ3n) is 1.94. The molecule has 1 aromatic heterocycles. The van der Waals surface area contributed by atoms with Crippen LogP contribution in [-0.4, -0.2) is 24.0 Å². The largest absolute Gasteiger partial charge is 0.466 e. The van der Waals surface area contributed by atoms with Crippen molar-refractivity contribution in [3.05, 3.63) is 30.1 Å². The van der Waals surface area contributed by atoms with E-state index in [0.29, 0.717) is 5.56 Å². The fourth-order valence-corrected chi connectivity index (χ4v) is 1.11. The molecule has 0 amide bonds. The number of pyridine rings is 1. The molecule has 0 spiro atoms. The van der Waals surface area contributed by atoms with Gasteiger partial charge in [-0.2, -0.15) is 0 Å². The first-order valence-electron chi connectivity index (χ1n) is 4.86. The van der Waals surface area contributed by atoms with Crippen LogP contribution in [0.25, 0.3) is 0 Å². The maximum atomic E-state index is 11.4. The SMILES string of the molecule is CCC(=O)OC(C(=O)OC)c1cccnc1. The Bertz CT molecular complexity index is 364. The predicted octanol–water partition coefficient (Wildman–Crippen LogP) is 1.25. The lowest BCUT2D eigenvalue weighted by Crippen LogP contribution is -2.20. The van der Waals surface area contributed by atoms with Crippen molar-refractivity contribution in [2.24, 2.45) is 0 Å². The zero-order chi connectivity index (χ0) is 12.0. The fourth-order valence-electron chi connectivity index (χ4n) is 1.11. The number of aromatic nitrogens is 1. The molecule has 5 nitrogen and oxygen atoms in total. The van der Waals surface area contributed by atoms with Crippen LogP contribution in [0, 0.1) is 0 Å². The van der Waals surface area contributed by atoms with Gasteiger partial charge in [-0.05, 0) is 6.07 Å². The van der Waals surface area contributed by atoms with Gasteiger partial charge in [0.2, 0.25) is 6.10 Å². The molecule has 0 bridgehead atoms. The molecule has 5 heteroatoms. The van der Waals surface area contributed by atoms with E-state index in [-0.39, 0.29) is 6.42 Å². The lowest BCUT2D eigenvalue weighted by atomic mass is 10.1. The third-order valence-corrected chi connectivity index (χ3v) is 1.94. The Hall–Kier alpha value is -1.91. The van der Waals surface area contributed by atoms with E-state index in [1.54, 1.807) is 25.3 Å². The van der Waals surface area contributed by atoms with Gasteiger partial charge in [0, 0.05) is 24.4 Å². The number of esters is 2. The summed E-state index contributed by atoms with van der Waals surface area (Å²) in [6.45, 7) is 1.65. The number of carbonyl (C=O) groups excluding carboxylic acids is 2. The first-order chi connectivity index (χ1) is 7.69. The number of hydrogen-bond acceptors (Lipinski definition) is 5. The van der Waals surface area contributed by atoms with Gasteiger partial charge in [0.25, 0.3) is 0 Å². The van der Waals surface area contributed by atoms with Crippen molar-refractivity contribution in [3.63, 3.8) is 0 Å². The van der Waals surface area contributed by atoms with Crippen molar-refractivity contribution < 1.29 is 19.1 Å². The Labute approximate surface area is 93.4 Å². The minimum atomic E-state index is -1.04. The molecule has 1 rings (SSSR count). The lowest BCUT2D eigenvalue weighted by molar-refractivity contribution is -0.166. The molecule has 0 aliphatic rings. The number of hydrogen-bond donors (Lipinski definition) is 0. The van der Waals surface area contributed by atoms with Crippen LogP contribution in [0.3, 0.4) is 0 Å². The Morgan fingerprint density at radius 1 is 1.50 bits per heavy atom. The summed E-state index contributed by atoms with van der Waals surface area (Å²) < 4.78 is 9.55. The molecular formula is C11H13NO4. The molecular weight excluding hydrogens is 210 g/mol. The zero-order valence-corrected chi connectivity index (χ0v) is 9.17. The topological polar surface area (TPSA) is 65.5 Å². The Kier molecular flexibility index (Phi) is 4.44. The smallest absolute Gasteiger partial charge is 0.352 e. The summed E-state index contributed by atoms with van der Waals surface area (Å²) in [5, 5.41) is 0. The molecule has 0 saturated heterocycles. The van der Waals surface area contributed by atoms with Crippen LogP contribution < -0.4 is 0 Å². The van der Waals surface area contributed by atoms with Crippen LogP contribution in [0.15, 0.2) is 24.5 Å². The van der Waals surface area contributed by atoms with Gasteiger partial charge in [-0.1, -0.05) is 13.0 Å². The first-order valence-corrected chi connectivity index (χ1v) is 4.86. The molecule has 0 aliphatic carbocycles. The van der Waals surface area contributed by atoms with E-state index in [1.807, 2.05) is 0 Å². The number of rotatable bonds is 4. The van der Waals surface area contributed by atoms with E-state index in [2.05, 4.69) is 9.72 Å². The summed E-state index contributed by atoms with van der Waals surface area (Å²) in [6.07, 6.45) is 2.20. The van der Waals surface area contributed by atoms with Crippen LogP contribution >= 0.6 is 0 Å².